The molecule has 2 heterocycles. The zero-order valence-electron chi connectivity index (χ0n) is 14.9. The number of aromatic nitrogens is 1. The van der Waals surface area contributed by atoms with Gasteiger partial charge in [-0.3, -0.25) is 0 Å². The van der Waals surface area contributed by atoms with Gasteiger partial charge in [-0.25, -0.2) is 17.2 Å². The molecule has 27 heavy (non-hydrogen) atoms. The molecule has 7 heteroatoms. The van der Waals surface area contributed by atoms with Crippen molar-refractivity contribution in [1.29, 1.82) is 0 Å². The molecule has 0 bridgehead atoms. The normalized spacial score (nSPS) is 16.9. The molecule has 0 unspecified atom stereocenters. The number of halogens is 2. The topological polar surface area (TPSA) is 53.2 Å². The molecular weight excluding hydrogens is 370 g/mol. The molecule has 1 aliphatic rings. The zero-order valence-corrected chi connectivity index (χ0v) is 15.7. The van der Waals surface area contributed by atoms with E-state index in [1.165, 1.54) is 34.6 Å². The van der Waals surface area contributed by atoms with Crippen LogP contribution in [0.15, 0.2) is 47.5 Å². The van der Waals surface area contributed by atoms with E-state index in [4.69, 9.17) is 0 Å². The zero-order chi connectivity index (χ0) is 19.2. The first kappa shape index (κ1) is 18.1. The molecule has 1 saturated heterocycles. The number of benzene rings is 2. The molecule has 0 saturated carbocycles. The summed E-state index contributed by atoms with van der Waals surface area (Å²) in [5, 5.41) is 0.852. The van der Waals surface area contributed by atoms with Gasteiger partial charge in [0.15, 0.2) is 0 Å². The van der Waals surface area contributed by atoms with E-state index in [1.807, 2.05) is 6.20 Å². The van der Waals surface area contributed by atoms with Gasteiger partial charge in [-0.2, -0.15) is 4.31 Å². The molecule has 1 N–H and O–H groups in total. The first-order valence-corrected chi connectivity index (χ1v) is 10.3. The number of hydrogen-bond acceptors (Lipinski definition) is 2. The quantitative estimate of drug-likeness (QED) is 0.724. The lowest BCUT2D eigenvalue weighted by molar-refractivity contribution is 0.320. The lowest BCUT2D eigenvalue weighted by atomic mass is 9.90. The fourth-order valence-electron chi connectivity index (χ4n) is 3.79. The number of H-pyrrole nitrogens is 1. The molecule has 1 fully saturated rings. The Balaban J connectivity index is 1.54. The van der Waals surface area contributed by atoms with Crippen molar-refractivity contribution >= 4 is 20.9 Å². The van der Waals surface area contributed by atoms with Crippen LogP contribution >= 0.6 is 0 Å². The molecule has 0 radical (unpaired) electrons. The maximum Gasteiger partial charge on any atom is 0.243 e. The van der Waals surface area contributed by atoms with Crippen LogP contribution in [0.5, 0.6) is 0 Å². The van der Waals surface area contributed by atoms with E-state index in [9.17, 15) is 17.2 Å². The number of sulfonamides is 1. The van der Waals surface area contributed by atoms with Crippen LogP contribution in [0.25, 0.3) is 10.9 Å². The summed E-state index contributed by atoms with van der Waals surface area (Å²) in [6.07, 6.45) is 3.20. The van der Waals surface area contributed by atoms with Crippen molar-refractivity contribution in [2.75, 3.05) is 13.1 Å². The third-order valence-electron chi connectivity index (χ3n) is 5.34. The van der Waals surface area contributed by atoms with Gasteiger partial charge in [0.2, 0.25) is 10.0 Å². The Hall–Kier alpha value is -2.25. The molecule has 1 aliphatic heterocycles. The highest BCUT2D eigenvalue weighted by molar-refractivity contribution is 7.89. The minimum atomic E-state index is -3.64. The fraction of sp³-hybridized carbons (Fsp3) is 0.300. The molecule has 2 aromatic carbocycles. The summed E-state index contributed by atoms with van der Waals surface area (Å²) in [6, 6.07) is 8.53. The Bertz CT molecular complexity index is 1100. The number of hydrogen-bond donors (Lipinski definition) is 1. The molecule has 0 atom stereocenters. The monoisotopic (exact) mass is 390 g/mol. The molecular formula is C20H20F2N2O2S. The second-order valence-electron chi connectivity index (χ2n) is 7.02. The maximum atomic E-state index is 13.6. The molecule has 0 amide bonds. The number of aryl methyl sites for hydroxylation is 1. The van der Waals surface area contributed by atoms with E-state index < -0.39 is 15.8 Å². The molecule has 3 aromatic rings. The first-order valence-electron chi connectivity index (χ1n) is 8.89. The Labute approximate surface area is 156 Å². The van der Waals surface area contributed by atoms with E-state index >= 15 is 0 Å². The van der Waals surface area contributed by atoms with Crippen molar-refractivity contribution in [2.45, 2.75) is 30.6 Å². The van der Waals surface area contributed by atoms with Gasteiger partial charge in [0, 0.05) is 30.2 Å². The van der Waals surface area contributed by atoms with Gasteiger partial charge in [0.05, 0.1) is 4.90 Å². The number of fused-ring (bicyclic) bond motifs is 1. The second kappa shape index (κ2) is 6.73. The summed E-state index contributed by atoms with van der Waals surface area (Å²) in [5.74, 6) is -0.531. The number of nitrogens with one attached hydrogen (secondary N) is 1. The maximum absolute atomic E-state index is 13.6. The highest BCUT2D eigenvalue weighted by Crippen LogP contribution is 2.35. The van der Waals surface area contributed by atoms with Crippen LogP contribution in [0.2, 0.25) is 0 Å². The average Bonchev–Trinajstić information content (AvgIpc) is 3.07. The van der Waals surface area contributed by atoms with Crippen molar-refractivity contribution < 1.29 is 17.2 Å². The summed E-state index contributed by atoms with van der Waals surface area (Å²) in [4.78, 5) is 3.28. The predicted octanol–water partition coefficient (Wildman–Crippen LogP) is 4.32. The third-order valence-corrected chi connectivity index (χ3v) is 7.23. The predicted molar refractivity (Wildman–Crippen MR) is 100 cm³/mol. The van der Waals surface area contributed by atoms with Crippen LogP contribution in [0.1, 0.15) is 29.9 Å². The number of rotatable bonds is 3. The van der Waals surface area contributed by atoms with Crippen LogP contribution in [-0.4, -0.2) is 30.8 Å². The largest absolute Gasteiger partial charge is 0.361 e. The smallest absolute Gasteiger partial charge is 0.243 e. The molecule has 1 aromatic heterocycles. The second-order valence-corrected chi connectivity index (χ2v) is 8.96. The molecule has 0 spiro atoms. The Kier molecular flexibility index (Phi) is 4.52. The lowest BCUT2D eigenvalue weighted by Crippen LogP contribution is -2.37. The average molecular weight is 390 g/mol. The summed E-state index contributed by atoms with van der Waals surface area (Å²) in [7, 11) is -3.64. The summed E-state index contributed by atoms with van der Waals surface area (Å²) in [6.45, 7) is 2.31. The fourth-order valence-corrected chi connectivity index (χ4v) is 5.34. The number of piperidine rings is 1. The van der Waals surface area contributed by atoms with Crippen molar-refractivity contribution in [1.82, 2.24) is 9.29 Å². The first-order chi connectivity index (χ1) is 12.9. The van der Waals surface area contributed by atoms with Crippen molar-refractivity contribution in [3.63, 3.8) is 0 Å². The minimum absolute atomic E-state index is 0.119. The van der Waals surface area contributed by atoms with E-state index in [0.29, 0.717) is 31.5 Å². The van der Waals surface area contributed by atoms with Gasteiger partial charge in [-0.05, 0) is 73.2 Å². The standard InChI is InChI=1S/C20H20F2N2O2S/c1-13-10-16(3-4-19(13)22)27(25,26)24-8-6-14(7-9-24)18-12-23-20-5-2-15(21)11-17(18)20/h2-5,10-12,14,23H,6-9H2,1H3. The Morgan fingerprint density at radius 2 is 1.81 bits per heavy atom. The van der Waals surface area contributed by atoms with Crippen LogP contribution in [0.4, 0.5) is 8.78 Å². The van der Waals surface area contributed by atoms with Gasteiger partial charge in [0.25, 0.3) is 0 Å². The van der Waals surface area contributed by atoms with Crippen LogP contribution in [-0.2, 0) is 10.0 Å². The molecule has 4 rings (SSSR count). The number of aromatic amines is 1. The van der Waals surface area contributed by atoms with Crippen molar-refractivity contribution in [3.05, 3.63) is 65.4 Å². The summed E-state index contributed by atoms with van der Waals surface area (Å²) in [5.41, 5.74) is 2.22. The van der Waals surface area contributed by atoms with Crippen LogP contribution in [0, 0.1) is 18.6 Å². The van der Waals surface area contributed by atoms with Gasteiger partial charge >= 0.3 is 0 Å². The highest BCUT2D eigenvalue weighted by Gasteiger charge is 2.31. The summed E-state index contributed by atoms with van der Waals surface area (Å²) < 4.78 is 54.2. The van der Waals surface area contributed by atoms with Gasteiger partial charge in [0.1, 0.15) is 11.6 Å². The van der Waals surface area contributed by atoms with E-state index in [2.05, 4.69) is 4.98 Å². The van der Waals surface area contributed by atoms with Crippen LogP contribution in [0.3, 0.4) is 0 Å². The molecule has 142 valence electrons. The van der Waals surface area contributed by atoms with Crippen molar-refractivity contribution in [2.24, 2.45) is 0 Å². The minimum Gasteiger partial charge on any atom is -0.361 e. The van der Waals surface area contributed by atoms with Gasteiger partial charge in [-0.15, -0.1) is 0 Å². The SMILES string of the molecule is Cc1cc(S(=O)(=O)N2CCC(c3c[nH]c4ccc(F)cc34)CC2)ccc1F. The Morgan fingerprint density at radius 3 is 2.52 bits per heavy atom. The third kappa shape index (κ3) is 3.26. The number of nitrogens with zero attached hydrogens (tertiary/aromatic N) is 1. The molecule has 0 aliphatic carbocycles. The summed E-state index contributed by atoms with van der Waals surface area (Å²) >= 11 is 0. The van der Waals surface area contributed by atoms with E-state index in [1.54, 1.807) is 13.0 Å². The van der Waals surface area contributed by atoms with Crippen molar-refractivity contribution in [3.8, 4) is 0 Å². The lowest BCUT2D eigenvalue weighted by Gasteiger charge is -2.31. The van der Waals surface area contributed by atoms with E-state index in [-0.39, 0.29) is 16.6 Å². The highest BCUT2D eigenvalue weighted by atomic mass is 32.2. The van der Waals surface area contributed by atoms with E-state index in [0.717, 1.165) is 16.5 Å². The van der Waals surface area contributed by atoms with Gasteiger partial charge in [-0.1, -0.05) is 0 Å². The van der Waals surface area contributed by atoms with Crippen LogP contribution < -0.4 is 0 Å². The molecule has 4 nitrogen and oxygen atoms in total. The van der Waals surface area contributed by atoms with Gasteiger partial charge < -0.3 is 4.98 Å². The Morgan fingerprint density at radius 1 is 1.07 bits per heavy atom.